The second-order valence-electron chi connectivity index (χ2n) is 4.46. The van der Waals surface area contributed by atoms with E-state index in [1.54, 1.807) is 0 Å². The Labute approximate surface area is 111 Å². The first-order chi connectivity index (χ1) is 6.62. The topological polar surface area (TPSA) is 45.7 Å². The molecule has 1 aliphatic heterocycles. The first-order valence-electron chi connectivity index (χ1n) is 5.79. The van der Waals surface area contributed by atoms with E-state index < -0.39 is 0 Å². The van der Waals surface area contributed by atoms with Gasteiger partial charge in [0.25, 0.3) is 0 Å². The summed E-state index contributed by atoms with van der Waals surface area (Å²) in [6.45, 7) is 6.27. The highest BCUT2D eigenvalue weighted by Crippen LogP contribution is 2.13. The van der Waals surface area contributed by atoms with E-state index in [-0.39, 0.29) is 36.3 Å². The molecule has 0 bridgehead atoms. The molecule has 16 heavy (non-hydrogen) atoms. The highest BCUT2D eigenvalue weighted by Gasteiger charge is 2.44. The molecular formula is C11H23Cl2N2O-. The minimum Gasteiger partial charge on any atom is -1.00 e. The average molecular weight is 270 g/mol. The van der Waals surface area contributed by atoms with Gasteiger partial charge in [0.2, 0.25) is 0 Å². The first-order valence-corrected chi connectivity index (χ1v) is 5.79. The van der Waals surface area contributed by atoms with Crippen molar-refractivity contribution in [2.24, 2.45) is 0 Å². The van der Waals surface area contributed by atoms with Gasteiger partial charge in [0, 0.05) is 6.42 Å². The highest BCUT2D eigenvalue weighted by molar-refractivity contribution is 5.78. The Morgan fingerprint density at radius 2 is 1.94 bits per heavy atom. The standard InChI is InChI=1S/C11H22N2O.2ClH/c1-4-6-7-8-9-12-10(14)11(3,5-2)13-9;;/h9,13H,4-8H2,1-3H3,(H,12,14);2*1H/p-1. The summed E-state index contributed by atoms with van der Waals surface area (Å²) in [6, 6.07) is 0. The zero-order valence-electron chi connectivity index (χ0n) is 10.4. The molecule has 1 saturated heterocycles. The highest BCUT2D eigenvalue weighted by atomic mass is 35.5. The number of rotatable bonds is 5. The lowest BCUT2D eigenvalue weighted by atomic mass is 10.00. The van der Waals surface area contributed by atoms with Gasteiger partial charge in [0.05, 0.1) is 0 Å². The van der Waals surface area contributed by atoms with Crippen molar-refractivity contribution in [3.05, 3.63) is 0 Å². The Hall–Kier alpha value is 0.170. The van der Waals surface area contributed by atoms with Crippen LogP contribution in [0, 0.1) is 0 Å². The van der Waals surface area contributed by atoms with Crippen molar-refractivity contribution in [1.29, 1.82) is 0 Å². The third-order valence-corrected chi connectivity index (χ3v) is 3.23. The zero-order chi connectivity index (χ0) is 10.6. The van der Waals surface area contributed by atoms with Crippen LogP contribution in [-0.4, -0.2) is 17.6 Å². The number of carbonyl (C=O) groups excluding carboxylic acids is 1. The van der Waals surface area contributed by atoms with E-state index in [0.717, 1.165) is 12.8 Å². The van der Waals surface area contributed by atoms with Crippen LogP contribution in [0.4, 0.5) is 0 Å². The minimum atomic E-state index is -0.281. The van der Waals surface area contributed by atoms with Gasteiger partial charge in [0.1, 0.15) is 11.7 Å². The summed E-state index contributed by atoms with van der Waals surface area (Å²) in [5, 5.41) is 5.29. The van der Waals surface area contributed by atoms with E-state index in [4.69, 9.17) is 0 Å². The molecule has 1 rings (SSSR count). The van der Waals surface area contributed by atoms with Crippen molar-refractivity contribution in [2.45, 2.75) is 64.6 Å². The number of amides is 1. The number of hydrogen-bond acceptors (Lipinski definition) is 2. The van der Waals surface area contributed by atoms with E-state index in [1.807, 2.05) is 12.2 Å². The molecule has 0 radical (unpaired) electrons. The molecule has 3 nitrogen and oxygen atoms in total. The van der Waals surface area contributed by atoms with Gasteiger partial charge < -0.3 is 24.8 Å². The summed E-state index contributed by atoms with van der Waals surface area (Å²) in [5.74, 6) is 0.279. The largest absolute Gasteiger partial charge is 1.00 e. The normalized spacial score (nSPS) is 28.4. The summed E-state index contributed by atoms with van der Waals surface area (Å²) < 4.78 is 0. The number of quaternary nitrogens is 1. The second kappa shape index (κ2) is 8.29. The molecule has 0 aromatic heterocycles. The molecule has 0 aliphatic carbocycles. The van der Waals surface area contributed by atoms with Crippen LogP contribution in [0.1, 0.15) is 52.9 Å². The number of unbranched alkanes of at least 4 members (excludes halogenated alkanes) is 2. The lowest BCUT2D eigenvalue weighted by molar-refractivity contribution is -0.596. The van der Waals surface area contributed by atoms with Crippen molar-refractivity contribution < 1.29 is 34.9 Å². The van der Waals surface area contributed by atoms with Gasteiger partial charge in [-0.05, 0) is 19.8 Å². The van der Waals surface area contributed by atoms with Gasteiger partial charge in [-0.15, -0.1) is 0 Å². The van der Waals surface area contributed by atoms with Gasteiger partial charge in [-0.3, -0.25) is 5.32 Å². The number of nitrogens with two attached hydrogens (primary N) is 1. The van der Waals surface area contributed by atoms with Gasteiger partial charge in [-0.2, -0.15) is 0 Å². The van der Waals surface area contributed by atoms with E-state index in [1.165, 1.54) is 19.3 Å². The summed E-state index contributed by atoms with van der Waals surface area (Å²) in [4.78, 5) is 11.7. The molecule has 1 aliphatic rings. The predicted molar refractivity (Wildman–Crippen MR) is 56.7 cm³/mol. The third-order valence-electron chi connectivity index (χ3n) is 3.23. The summed E-state index contributed by atoms with van der Waals surface area (Å²) in [6.07, 6.45) is 6.04. The van der Waals surface area contributed by atoms with Gasteiger partial charge in [-0.25, -0.2) is 10.1 Å². The maximum absolute atomic E-state index is 11.7. The molecule has 0 aromatic carbocycles. The summed E-state index contributed by atoms with van der Waals surface area (Å²) in [5.41, 5.74) is -0.281. The number of hydrogen-bond donors (Lipinski definition) is 2. The maximum Gasteiger partial charge on any atom is 0.331 e. The summed E-state index contributed by atoms with van der Waals surface area (Å²) >= 11 is 0. The van der Waals surface area contributed by atoms with Crippen LogP contribution in [0.3, 0.4) is 0 Å². The van der Waals surface area contributed by atoms with E-state index in [9.17, 15) is 4.79 Å². The number of halogens is 2. The quantitative estimate of drug-likeness (QED) is 0.491. The van der Waals surface area contributed by atoms with Crippen LogP contribution in [-0.2, 0) is 4.79 Å². The van der Waals surface area contributed by atoms with Gasteiger partial charge in [0.15, 0.2) is 0 Å². The summed E-state index contributed by atoms with van der Waals surface area (Å²) in [7, 11) is 0. The van der Waals surface area contributed by atoms with Crippen LogP contribution in [0.5, 0.6) is 0 Å². The van der Waals surface area contributed by atoms with Gasteiger partial charge in [-0.1, -0.05) is 26.7 Å². The monoisotopic (exact) mass is 269 g/mol. The van der Waals surface area contributed by atoms with Crippen LogP contribution in [0.2, 0.25) is 0 Å². The molecule has 2 atom stereocenters. The van der Waals surface area contributed by atoms with Crippen LogP contribution < -0.4 is 35.4 Å². The lowest BCUT2D eigenvalue weighted by Gasteiger charge is -2.16. The predicted octanol–water partition coefficient (Wildman–Crippen LogP) is -5.24. The first kappa shape index (κ1) is 18.5. The smallest absolute Gasteiger partial charge is 0.331 e. The van der Waals surface area contributed by atoms with Crippen molar-refractivity contribution in [1.82, 2.24) is 5.32 Å². The molecule has 0 saturated carbocycles. The third kappa shape index (κ3) is 4.58. The second-order valence-corrected chi connectivity index (χ2v) is 4.46. The average Bonchev–Trinajstić information content (AvgIpc) is 2.44. The molecule has 1 amide bonds. The Morgan fingerprint density at radius 3 is 2.38 bits per heavy atom. The van der Waals surface area contributed by atoms with Crippen molar-refractivity contribution in [2.75, 3.05) is 0 Å². The molecule has 3 N–H and O–H groups in total. The van der Waals surface area contributed by atoms with Crippen LogP contribution >= 0.6 is 0 Å². The molecule has 0 aromatic rings. The molecule has 1 heterocycles. The van der Waals surface area contributed by atoms with E-state index in [0.29, 0.717) is 6.17 Å². The van der Waals surface area contributed by atoms with Gasteiger partial charge >= 0.3 is 5.91 Å². The fourth-order valence-electron chi connectivity index (χ4n) is 1.93. The molecule has 2 unspecified atom stereocenters. The van der Waals surface area contributed by atoms with Crippen molar-refractivity contribution in [3.8, 4) is 0 Å². The SMILES string of the molecule is CCCCCC1NC(C)(CC)C(=O)[NH2+]1.[Cl-].[Cl-]. The van der Waals surface area contributed by atoms with E-state index in [2.05, 4.69) is 19.2 Å². The fraction of sp³-hybridized carbons (Fsp3) is 0.909. The Balaban J connectivity index is 0. The Kier molecular flexibility index (Phi) is 9.60. The molecule has 5 heteroatoms. The maximum atomic E-state index is 11.7. The molecule has 98 valence electrons. The Bertz CT molecular complexity index is 214. The van der Waals surface area contributed by atoms with E-state index >= 15 is 0 Å². The molecule has 1 fully saturated rings. The molecular weight excluding hydrogens is 247 g/mol. The number of carbonyl (C=O) groups is 1. The minimum absolute atomic E-state index is 0. The molecule has 0 spiro atoms. The van der Waals surface area contributed by atoms with Crippen LogP contribution in [0.15, 0.2) is 0 Å². The fourth-order valence-corrected chi connectivity index (χ4v) is 1.93. The van der Waals surface area contributed by atoms with Crippen molar-refractivity contribution >= 4 is 5.91 Å². The zero-order valence-corrected chi connectivity index (χ0v) is 11.9. The number of primary amides is 1. The Morgan fingerprint density at radius 1 is 1.31 bits per heavy atom. The lowest BCUT2D eigenvalue weighted by Crippen LogP contribution is -3.00. The van der Waals surface area contributed by atoms with Crippen molar-refractivity contribution in [3.63, 3.8) is 0 Å². The number of nitrogens with one attached hydrogen (secondary N) is 1. The van der Waals surface area contributed by atoms with Crippen LogP contribution in [0.25, 0.3) is 0 Å².